The molecule has 42 heavy (non-hydrogen) atoms. The number of methoxy groups -OCH3 is 1. The molecule has 1 fully saturated rings. The average Bonchev–Trinajstić information content (AvgIpc) is 3.46. The van der Waals surface area contributed by atoms with Gasteiger partial charge in [-0.25, -0.2) is 13.4 Å². The molecule has 6 rings (SSSR count). The molecule has 3 heterocycles. The third-order valence-electron chi connectivity index (χ3n) is 7.72. The van der Waals surface area contributed by atoms with Crippen molar-refractivity contribution in [2.45, 2.75) is 17.7 Å². The Hall–Kier alpha value is -3.38. The van der Waals surface area contributed by atoms with Gasteiger partial charge in [0.15, 0.2) is 5.13 Å². The molecule has 1 N–H and O–H groups in total. The summed E-state index contributed by atoms with van der Waals surface area (Å²) in [4.78, 5) is 22.4. The van der Waals surface area contributed by atoms with E-state index in [1.165, 1.54) is 16.4 Å². The fraction of sp³-hybridized carbons (Fsp3) is 0.333. The number of ether oxygens (including phenoxy) is 1. The number of aromatic nitrogens is 1. The molecule has 12 heteroatoms. The van der Waals surface area contributed by atoms with Crippen LogP contribution in [0.25, 0.3) is 10.2 Å². The van der Waals surface area contributed by atoms with Crippen LogP contribution >= 0.6 is 23.7 Å². The molecule has 2 aliphatic heterocycles. The van der Waals surface area contributed by atoms with E-state index in [1.807, 2.05) is 36.4 Å². The molecule has 1 saturated heterocycles. The van der Waals surface area contributed by atoms with Gasteiger partial charge in [-0.2, -0.15) is 0 Å². The van der Waals surface area contributed by atoms with Crippen LogP contribution < -0.4 is 19.3 Å². The number of fused-ring (bicyclic) bond motifs is 2. The summed E-state index contributed by atoms with van der Waals surface area (Å²) in [6, 6.07) is 19.8. The minimum Gasteiger partial charge on any atom is -0.494 e. The summed E-state index contributed by atoms with van der Waals surface area (Å²) in [5, 5.41) is 3.98. The van der Waals surface area contributed by atoms with Crippen molar-refractivity contribution in [1.82, 2.24) is 15.2 Å². The predicted octanol–water partition coefficient (Wildman–Crippen LogP) is 4.42. The molecule has 4 aromatic rings. The summed E-state index contributed by atoms with van der Waals surface area (Å²) in [6.07, 6.45) is 1.65. The summed E-state index contributed by atoms with van der Waals surface area (Å²) < 4.78 is 34.8. The van der Waals surface area contributed by atoms with Crippen molar-refractivity contribution in [3.05, 3.63) is 77.9 Å². The summed E-state index contributed by atoms with van der Waals surface area (Å²) in [5.41, 5.74) is 3.13. The minimum atomic E-state index is -3.70. The first-order valence-corrected chi connectivity index (χ1v) is 16.1. The van der Waals surface area contributed by atoms with E-state index < -0.39 is 10.0 Å². The van der Waals surface area contributed by atoms with Crippen molar-refractivity contribution < 1.29 is 17.9 Å². The largest absolute Gasteiger partial charge is 0.494 e. The van der Waals surface area contributed by atoms with E-state index in [9.17, 15) is 13.2 Å². The zero-order chi connectivity index (χ0) is 28.4. The summed E-state index contributed by atoms with van der Waals surface area (Å²) in [7, 11) is -2.04. The highest BCUT2D eigenvalue weighted by Gasteiger charge is 2.29. The van der Waals surface area contributed by atoms with Crippen LogP contribution in [0, 0.1) is 0 Å². The second kappa shape index (κ2) is 12.9. The third-order valence-corrected chi connectivity index (χ3v) is 10.6. The fourth-order valence-electron chi connectivity index (χ4n) is 5.46. The second-order valence-electron chi connectivity index (χ2n) is 10.2. The van der Waals surface area contributed by atoms with E-state index in [2.05, 4.69) is 21.2 Å². The molecule has 2 aliphatic rings. The zero-order valence-electron chi connectivity index (χ0n) is 23.4. The first kappa shape index (κ1) is 30.1. The van der Waals surface area contributed by atoms with Crippen LogP contribution in [0.5, 0.6) is 5.75 Å². The van der Waals surface area contributed by atoms with Crippen molar-refractivity contribution in [3.63, 3.8) is 0 Å². The standard InChI is InChI=1S/C30H33N5O4S2.ClH/c1-39-26-9-4-10-27-28(26)32-30(40-27)34-20-18-33(19-21-34)17-15-31-29(36)23-11-13-24(14-12-23)41(37,38)35-16-5-7-22-6-2-3-8-25(22)35;/h2-4,6,8-14H,5,7,15-21H2,1H3,(H,31,36);1H. The van der Waals surface area contributed by atoms with Gasteiger partial charge in [0.1, 0.15) is 11.3 Å². The van der Waals surface area contributed by atoms with E-state index >= 15 is 0 Å². The van der Waals surface area contributed by atoms with Gasteiger partial charge in [-0.1, -0.05) is 35.6 Å². The van der Waals surface area contributed by atoms with Crippen LogP contribution in [0.3, 0.4) is 0 Å². The molecule has 0 saturated carbocycles. The van der Waals surface area contributed by atoms with Crippen molar-refractivity contribution in [3.8, 4) is 5.75 Å². The van der Waals surface area contributed by atoms with Gasteiger partial charge in [0.25, 0.3) is 15.9 Å². The van der Waals surface area contributed by atoms with Crippen LogP contribution in [0.1, 0.15) is 22.3 Å². The molecular formula is C30H34ClN5O4S2. The maximum Gasteiger partial charge on any atom is 0.264 e. The molecule has 1 aromatic heterocycles. The molecule has 0 atom stereocenters. The number of carbonyl (C=O) groups is 1. The van der Waals surface area contributed by atoms with Gasteiger partial charge in [-0.3, -0.25) is 14.0 Å². The van der Waals surface area contributed by atoms with Gasteiger partial charge < -0.3 is 15.0 Å². The highest BCUT2D eigenvalue weighted by Crippen LogP contribution is 2.34. The van der Waals surface area contributed by atoms with Gasteiger partial charge in [-0.15, -0.1) is 12.4 Å². The Bertz CT molecular complexity index is 1650. The number of nitrogens with zero attached hydrogens (tertiary/aromatic N) is 4. The van der Waals surface area contributed by atoms with Crippen molar-refractivity contribution >= 4 is 60.7 Å². The number of thiazole rings is 1. The van der Waals surface area contributed by atoms with Gasteiger partial charge in [-0.05, 0) is 60.9 Å². The SMILES string of the molecule is COc1cccc2sc(N3CCN(CCNC(=O)c4ccc(S(=O)(=O)N5CCCc6ccccc65)cc4)CC3)nc12.Cl. The number of sulfonamides is 1. The molecule has 0 bridgehead atoms. The summed E-state index contributed by atoms with van der Waals surface area (Å²) in [5.74, 6) is 0.586. The Morgan fingerprint density at radius 2 is 1.74 bits per heavy atom. The maximum absolute atomic E-state index is 13.4. The normalized spacial score (nSPS) is 15.6. The molecule has 222 valence electrons. The number of halogens is 1. The number of carbonyl (C=O) groups excluding carboxylic acids is 1. The van der Waals surface area contributed by atoms with Gasteiger partial charge >= 0.3 is 0 Å². The highest BCUT2D eigenvalue weighted by atomic mass is 35.5. The average molecular weight is 628 g/mol. The number of benzene rings is 3. The highest BCUT2D eigenvalue weighted by molar-refractivity contribution is 7.92. The Kier molecular flexibility index (Phi) is 9.22. The smallest absolute Gasteiger partial charge is 0.264 e. The monoisotopic (exact) mass is 627 g/mol. The Labute approximate surface area is 256 Å². The predicted molar refractivity (Wildman–Crippen MR) is 170 cm³/mol. The second-order valence-corrected chi connectivity index (χ2v) is 13.1. The first-order chi connectivity index (χ1) is 19.9. The fourth-order valence-corrected chi connectivity index (χ4v) is 8.03. The first-order valence-electron chi connectivity index (χ1n) is 13.8. The van der Waals surface area contributed by atoms with Gasteiger partial charge in [0, 0.05) is 51.4 Å². The van der Waals surface area contributed by atoms with E-state index in [0.717, 1.165) is 77.9 Å². The van der Waals surface area contributed by atoms with E-state index in [0.29, 0.717) is 18.7 Å². The minimum absolute atomic E-state index is 0. The molecule has 0 unspecified atom stereocenters. The van der Waals surface area contributed by atoms with Crippen LogP contribution in [0.2, 0.25) is 0 Å². The Morgan fingerprint density at radius 1 is 0.976 bits per heavy atom. The van der Waals surface area contributed by atoms with E-state index in [1.54, 1.807) is 30.6 Å². The number of aryl methyl sites for hydroxylation is 1. The topological polar surface area (TPSA) is 95.1 Å². The molecular weight excluding hydrogens is 594 g/mol. The Balaban J connectivity index is 0.00000353. The van der Waals surface area contributed by atoms with Crippen molar-refractivity contribution in [2.24, 2.45) is 0 Å². The van der Waals surface area contributed by atoms with Gasteiger partial charge in [0.2, 0.25) is 0 Å². The number of piperazine rings is 1. The van der Waals surface area contributed by atoms with Crippen LogP contribution in [0.4, 0.5) is 10.8 Å². The molecule has 9 nitrogen and oxygen atoms in total. The van der Waals surface area contributed by atoms with E-state index in [-0.39, 0.29) is 23.2 Å². The Morgan fingerprint density at radius 3 is 2.50 bits per heavy atom. The lowest BCUT2D eigenvalue weighted by molar-refractivity contribution is 0.0947. The van der Waals surface area contributed by atoms with Crippen molar-refractivity contribution in [2.75, 3.05) is 62.1 Å². The zero-order valence-corrected chi connectivity index (χ0v) is 25.8. The molecule has 0 aliphatic carbocycles. The number of anilines is 2. The molecule has 3 aromatic carbocycles. The molecule has 0 radical (unpaired) electrons. The lowest BCUT2D eigenvalue weighted by atomic mass is 10.0. The number of nitrogens with one attached hydrogen (secondary N) is 1. The number of amides is 1. The number of rotatable bonds is 8. The quantitative estimate of drug-likeness (QED) is 0.309. The molecule has 0 spiro atoms. The van der Waals surface area contributed by atoms with Crippen LogP contribution in [0.15, 0.2) is 71.6 Å². The lowest BCUT2D eigenvalue weighted by Crippen LogP contribution is -2.48. The van der Waals surface area contributed by atoms with Crippen molar-refractivity contribution in [1.29, 1.82) is 0 Å². The number of para-hydroxylation sites is 2. The maximum atomic E-state index is 13.4. The third kappa shape index (κ3) is 6.05. The summed E-state index contributed by atoms with van der Waals surface area (Å²) >= 11 is 1.68. The van der Waals surface area contributed by atoms with Crippen LogP contribution in [-0.2, 0) is 16.4 Å². The van der Waals surface area contributed by atoms with Crippen LogP contribution in [-0.4, -0.2) is 77.1 Å². The lowest BCUT2D eigenvalue weighted by Gasteiger charge is -2.34. The number of hydrogen-bond donors (Lipinski definition) is 1. The summed E-state index contributed by atoms with van der Waals surface area (Å²) in [6.45, 7) is 5.21. The molecule has 1 amide bonds. The number of hydrogen-bond acceptors (Lipinski definition) is 8. The van der Waals surface area contributed by atoms with E-state index in [4.69, 9.17) is 9.72 Å². The van der Waals surface area contributed by atoms with Gasteiger partial charge in [0.05, 0.1) is 22.4 Å².